The summed E-state index contributed by atoms with van der Waals surface area (Å²) in [7, 11) is 0. The summed E-state index contributed by atoms with van der Waals surface area (Å²) in [4.78, 5) is 35.3. The quantitative estimate of drug-likeness (QED) is 0.662. The van der Waals surface area contributed by atoms with Crippen LogP contribution in [0.25, 0.3) is 0 Å². The minimum atomic E-state index is -1.05. The number of nitrogens with one attached hydrogen (secondary N) is 2. The fraction of sp³-hybridized carbons (Fsp3) is 0.250. The number of rotatable bonds is 8. The number of anilines is 1. The van der Waals surface area contributed by atoms with E-state index in [9.17, 15) is 14.4 Å². The number of benzene rings is 2. The second-order valence-electron chi connectivity index (χ2n) is 6.05. The van der Waals surface area contributed by atoms with Gasteiger partial charge in [0.1, 0.15) is 12.6 Å². The number of hydrogen-bond donors (Lipinski definition) is 3. The summed E-state index contributed by atoms with van der Waals surface area (Å²) < 4.78 is 5.10. The molecule has 142 valence electrons. The van der Waals surface area contributed by atoms with Gasteiger partial charge in [0.2, 0.25) is 5.91 Å². The lowest BCUT2D eigenvalue weighted by Crippen LogP contribution is -2.44. The molecule has 0 fully saturated rings. The summed E-state index contributed by atoms with van der Waals surface area (Å²) in [5, 5.41) is 14.0. The van der Waals surface area contributed by atoms with Crippen LogP contribution >= 0.6 is 0 Å². The number of aliphatic carboxylic acids is 1. The fourth-order valence-electron chi connectivity index (χ4n) is 2.31. The maximum atomic E-state index is 12.4. The molecule has 0 saturated heterocycles. The number of alkyl carbamates (subject to hydrolysis) is 1. The Morgan fingerprint density at radius 3 is 2.33 bits per heavy atom. The van der Waals surface area contributed by atoms with Crippen molar-refractivity contribution in [2.75, 3.05) is 5.32 Å². The van der Waals surface area contributed by atoms with Gasteiger partial charge in [-0.05, 0) is 31.0 Å². The summed E-state index contributed by atoms with van der Waals surface area (Å²) >= 11 is 0. The number of carboxylic acid groups (broad SMARTS) is 1. The molecule has 0 bridgehead atoms. The minimum Gasteiger partial charge on any atom is -0.481 e. The second kappa shape index (κ2) is 9.96. The average molecular weight is 370 g/mol. The van der Waals surface area contributed by atoms with Crippen molar-refractivity contribution < 1.29 is 24.2 Å². The molecular formula is C20H22N2O5. The molecule has 0 aliphatic carbocycles. The lowest BCUT2D eigenvalue weighted by molar-refractivity contribution is -0.137. The van der Waals surface area contributed by atoms with Crippen molar-refractivity contribution in [2.24, 2.45) is 0 Å². The molecule has 0 aromatic heterocycles. The van der Waals surface area contributed by atoms with Crippen LogP contribution in [0.1, 0.15) is 24.0 Å². The fourth-order valence-corrected chi connectivity index (χ4v) is 2.31. The normalized spacial score (nSPS) is 11.3. The van der Waals surface area contributed by atoms with E-state index < -0.39 is 24.0 Å². The van der Waals surface area contributed by atoms with Gasteiger partial charge in [0.15, 0.2) is 0 Å². The summed E-state index contributed by atoms with van der Waals surface area (Å²) in [6.07, 6.45) is -1.09. The first kappa shape index (κ1) is 20.0. The summed E-state index contributed by atoms with van der Waals surface area (Å²) in [5.74, 6) is -1.56. The Morgan fingerprint density at radius 1 is 1.04 bits per heavy atom. The van der Waals surface area contributed by atoms with Crippen molar-refractivity contribution >= 4 is 23.7 Å². The Bertz CT molecular complexity index is 775. The zero-order valence-electron chi connectivity index (χ0n) is 15.0. The van der Waals surface area contributed by atoms with E-state index in [1.54, 1.807) is 24.3 Å². The van der Waals surface area contributed by atoms with Gasteiger partial charge in [-0.15, -0.1) is 0 Å². The molecule has 0 spiro atoms. The molecule has 2 aromatic carbocycles. The van der Waals surface area contributed by atoms with Gasteiger partial charge in [-0.3, -0.25) is 9.59 Å². The van der Waals surface area contributed by atoms with E-state index in [2.05, 4.69) is 10.6 Å². The molecule has 0 aliphatic heterocycles. The van der Waals surface area contributed by atoms with Crippen LogP contribution in [0, 0.1) is 6.92 Å². The number of carbonyl (C=O) groups is 3. The highest BCUT2D eigenvalue weighted by Crippen LogP contribution is 2.10. The number of hydrogen-bond acceptors (Lipinski definition) is 4. The third-order valence-corrected chi connectivity index (χ3v) is 3.79. The van der Waals surface area contributed by atoms with E-state index in [1.807, 2.05) is 37.3 Å². The molecular weight excluding hydrogens is 348 g/mol. The molecule has 0 heterocycles. The number of amides is 2. The van der Waals surface area contributed by atoms with Gasteiger partial charge in [0.05, 0.1) is 0 Å². The summed E-state index contributed by atoms with van der Waals surface area (Å²) in [6, 6.07) is 15.2. The number of carbonyl (C=O) groups excluding carboxylic acids is 2. The van der Waals surface area contributed by atoms with E-state index in [-0.39, 0.29) is 19.4 Å². The SMILES string of the molecule is Cc1ccc(NC(=O)[C@H](CCC(=O)O)NC(=O)OCc2ccccc2)cc1. The van der Waals surface area contributed by atoms with Gasteiger partial charge in [0, 0.05) is 12.1 Å². The van der Waals surface area contributed by atoms with Gasteiger partial charge in [-0.1, -0.05) is 48.0 Å². The third kappa shape index (κ3) is 7.19. The van der Waals surface area contributed by atoms with Crippen molar-refractivity contribution in [3.8, 4) is 0 Å². The van der Waals surface area contributed by atoms with Crippen molar-refractivity contribution in [1.82, 2.24) is 5.32 Å². The van der Waals surface area contributed by atoms with Crippen LogP contribution in [-0.4, -0.2) is 29.1 Å². The zero-order valence-corrected chi connectivity index (χ0v) is 15.0. The predicted molar refractivity (Wildman–Crippen MR) is 100 cm³/mol. The Labute approximate surface area is 157 Å². The molecule has 2 rings (SSSR count). The Hall–Kier alpha value is -3.35. The average Bonchev–Trinajstić information content (AvgIpc) is 2.66. The molecule has 7 heteroatoms. The third-order valence-electron chi connectivity index (χ3n) is 3.79. The molecule has 3 N–H and O–H groups in total. The molecule has 2 aromatic rings. The van der Waals surface area contributed by atoms with Crippen LogP contribution in [0.3, 0.4) is 0 Å². The molecule has 0 unspecified atom stereocenters. The molecule has 0 radical (unpaired) electrons. The van der Waals surface area contributed by atoms with Crippen LogP contribution in [-0.2, 0) is 20.9 Å². The molecule has 0 aliphatic rings. The Morgan fingerprint density at radius 2 is 1.70 bits per heavy atom. The van der Waals surface area contributed by atoms with Crippen molar-refractivity contribution in [3.63, 3.8) is 0 Å². The maximum Gasteiger partial charge on any atom is 0.408 e. The number of ether oxygens (including phenoxy) is 1. The molecule has 1 atom stereocenters. The standard InChI is InChI=1S/C20H22N2O5/c1-14-7-9-16(10-8-14)21-19(25)17(11-12-18(23)24)22-20(26)27-13-15-5-3-2-4-6-15/h2-10,17H,11-13H2,1H3,(H,21,25)(H,22,26)(H,23,24)/t17-/m0/s1. The Balaban J connectivity index is 1.95. The highest BCUT2D eigenvalue weighted by molar-refractivity contribution is 5.96. The number of aryl methyl sites for hydroxylation is 1. The zero-order chi connectivity index (χ0) is 19.6. The lowest BCUT2D eigenvalue weighted by Gasteiger charge is -2.18. The first-order valence-corrected chi connectivity index (χ1v) is 8.50. The van der Waals surface area contributed by atoms with Gasteiger partial charge < -0.3 is 20.5 Å². The lowest BCUT2D eigenvalue weighted by atomic mass is 10.1. The van der Waals surface area contributed by atoms with Crippen LogP contribution in [0.2, 0.25) is 0 Å². The second-order valence-corrected chi connectivity index (χ2v) is 6.05. The van der Waals surface area contributed by atoms with Crippen LogP contribution < -0.4 is 10.6 Å². The highest BCUT2D eigenvalue weighted by atomic mass is 16.5. The van der Waals surface area contributed by atoms with E-state index >= 15 is 0 Å². The molecule has 7 nitrogen and oxygen atoms in total. The molecule has 27 heavy (non-hydrogen) atoms. The summed E-state index contributed by atoms with van der Waals surface area (Å²) in [6.45, 7) is 1.98. The predicted octanol–water partition coefficient (Wildman–Crippen LogP) is 3.09. The van der Waals surface area contributed by atoms with E-state index in [1.165, 1.54) is 0 Å². The Kier molecular flexibility index (Phi) is 7.37. The van der Waals surface area contributed by atoms with E-state index in [0.717, 1.165) is 11.1 Å². The van der Waals surface area contributed by atoms with Crippen LogP contribution in [0.5, 0.6) is 0 Å². The van der Waals surface area contributed by atoms with Gasteiger partial charge in [0.25, 0.3) is 0 Å². The monoisotopic (exact) mass is 370 g/mol. The molecule has 2 amide bonds. The van der Waals surface area contributed by atoms with Gasteiger partial charge in [-0.25, -0.2) is 4.79 Å². The largest absolute Gasteiger partial charge is 0.481 e. The smallest absolute Gasteiger partial charge is 0.408 e. The van der Waals surface area contributed by atoms with E-state index in [4.69, 9.17) is 9.84 Å². The topological polar surface area (TPSA) is 105 Å². The maximum absolute atomic E-state index is 12.4. The van der Waals surface area contributed by atoms with E-state index in [0.29, 0.717) is 5.69 Å². The first-order chi connectivity index (χ1) is 12.9. The highest BCUT2D eigenvalue weighted by Gasteiger charge is 2.22. The van der Waals surface area contributed by atoms with Crippen molar-refractivity contribution in [3.05, 3.63) is 65.7 Å². The minimum absolute atomic E-state index is 0.0481. The van der Waals surface area contributed by atoms with Gasteiger partial charge >= 0.3 is 12.1 Å². The van der Waals surface area contributed by atoms with Crippen molar-refractivity contribution in [1.29, 1.82) is 0 Å². The van der Waals surface area contributed by atoms with Crippen LogP contribution in [0.15, 0.2) is 54.6 Å². The summed E-state index contributed by atoms with van der Waals surface area (Å²) in [5.41, 5.74) is 2.40. The van der Waals surface area contributed by atoms with Crippen molar-refractivity contribution in [2.45, 2.75) is 32.4 Å². The van der Waals surface area contributed by atoms with Gasteiger partial charge in [-0.2, -0.15) is 0 Å². The van der Waals surface area contributed by atoms with Crippen LogP contribution in [0.4, 0.5) is 10.5 Å². The first-order valence-electron chi connectivity index (χ1n) is 8.50. The number of carboxylic acids is 1. The molecule has 0 saturated carbocycles.